The number of piperidine rings is 1. The van der Waals surface area contributed by atoms with Gasteiger partial charge in [-0.05, 0) is 56.5 Å². The third-order valence-electron chi connectivity index (χ3n) is 5.45. The minimum Gasteiger partial charge on any atom is -0.468 e. The third kappa shape index (κ3) is 5.13. The fourth-order valence-electron chi connectivity index (χ4n) is 3.53. The van der Waals surface area contributed by atoms with Gasteiger partial charge in [0.2, 0.25) is 5.91 Å². The fourth-order valence-corrected chi connectivity index (χ4v) is 6.32. The number of hydrogen-bond donors (Lipinski definition) is 0. The molecule has 164 valence electrons. The second-order valence-corrected chi connectivity index (χ2v) is 12.7. The van der Waals surface area contributed by atoms with Crippen molar-refractivity contribution in [3.8, 4) is 0 Å². The highest BCUT2D eigenvalue weighted by molar-refractivity contribution is 7.92. The minimum absolute atomic E-state index is 0.0867. The van der Waals surface area contributed by atoms with Gasteiger partial charge in [0.15, 0.2) is 19.7 Å². The van der Waals surface area contributed by atoms with Gasteiger partial charge in [-0.15, -0.1) is 0 Å². The van der Waals surface area contributed by atoms with Crippen LogP contribution in [0.1, 0.15) is 38.0 Å². The summed E-state index contributed by atoms with van der Waals surface area (Å²) in [5, 5.41) is -0.984. The van der Waals surface area contributed by atoms with E-state index >= 15 is 0 Å². The molecule has 7 nitrogen and oxygen atoms in total. The van der Waals surface area contributed by atoms with Crippen molar-refractivity contribution < 1.29 is 26.0 Å². The predicted molar refractivity (Wildman–Crippen MR) is 113 cm³/mol. The second-order valence-electron chi connectivity index (χ2n) is 7.88. The Labute approximate surface area is 177 Å². The lowest BCUT2D eigenvalue weighted by Crippen LogP contribution is -2.43. The predicted octanol–water partition coefficient (Wildman–Crippen LogP) is 2.61. The summed E-state index contributed by atoms with van der Waals surface area (Å²) in [6.45, 7) is 4.04. The summed E-state index contributed by atoms with van der Waals surface area (Å²) in [5.41, 5.74) is 0.732. The lowest BCUT2D eigenvalue weighted by molar-refractivity contribution is -0.131. The van der Waals surface area contributed by atoms with E-state index in [0.717, 1.165) is 5.56 Å². The molecule has 1 aromatic heterocycles. The van der Waals surface area contributed by atoms with Crippen molar-refractivity contribution in [2.24, 2.45) is 0 Å². The van der Waals surface area contributed by atoms with E-state index in [0.29, 0.717) is 31.7 Å². The Morgan fingerprint density at radius 2 is 1.70 bits per heavy atom. The van der Waals surface area contributed by atoms with Crippen LogP contribution in [0.15, 0.2) is 52.0 Å². The molecule has 1 aliphatic rings. The van der Waals surface area contributed by atoms with Gasteiger partial charge in [0.05, 0.1) is 28.1 Å². The maximum Gasteiger partial charge on any atom is 0.226 e. The maximum absolute atomic E-state index is 12.6. The molecule has 1 aliphatic heterocycles. The van der Waals surface area contributed by atoms with E-state index in [4.69, 9.17) is 4.42 Å². The molecule has 1 aromatic carbocycles. The topological polar surface area (TPSA) is 102 Å². The molecule has 1 saturated heterocycles. The summed E-state index contributed by atoms with van der Waals surface area (Å²) in [5.74, 6) is 0.220. The lowest BCUT2D eigenvalue weighted by Gasteiger charge is -2.31. The summed E-state index contributed by atoms with van der Waals surface area (Å²) in [6, 6.07) is 9.70. The highest BCUT2D eigenvalue weighted by Crippen LogP contribution is 2.23. The largest absolute Gasteiger partial charge is 0.468 e. The summed E-state index contributed by atoms with van der Waals surface area (Å²) in [7, 11) is -6.67. The molecule has 0 atom stereocenters. The standard InChI is InChI=1S/C21H27NO6S2/c1-16(2)30(26,27)20-7-5-17(6-8-20)14-21(23)22-11-9-19(10-12-22)29(24,25)15-18-4-3-13-28-18/h3-8,13,16,19H,9-12,14-15H2,1-2H3. The number of rotatable bonds is 7. The zero-order chi connectivity index (χ0) is 21.9. The van der Waals surface area contributed by atoms with Crippen molar-refractivity contribution in [2.45, 2.75) is 54.3 Å². The van der Waals surface area contributed by atoms with Crippen LogP contribution in [0.25, 0.3) is 0 Å². The number of sulfone groups is 2. The Bertz CT molecular complexity index is 1060. The van der Waals surface area contributed by atoms with E-state index in [9.17, 15) is 21.6 Å². The van der Waals surface area contributed by atoms with Crippen molar-refractivity contribution in [3.63, 3.8) is 0 Å². The first-order valence-electron chi connectivity index (χ1n) is 9.94. The molecule has 0 unspecified atom stereocenters. The summed E-state index contributed by atoms with van der Waals surface area (Å²) >= 11 is 0. The van der Waals surface area contributed by atoms with Crippen molar-refractivity contribution in [1.82, 2.24) is 4.90 Å². The van der Waals surface area contributed by atoms with Crippen LogP contribution in [0.2, 0.25) is 0 Å². The quantitative estimate of drug-likeness (QED) is 0.639. The van der Waals surface area contributed by atoms with Gasteiger partial charge in [0.1, 0.15) is 11.5 Å². The average molecular weight is 454 g/mol. The molecular weight excluding hydrogens is 426 g/mol. The number of likely N-dealkylation sites (tertiary alicyclic amines) is 1. The fraction of sp³-hybridized carbons (Fsp3) is 0.476. The summed E-state index contributed by atoms with van der Waals surface area (Å²) in [4.78, 5) is 14.5. The summed E-state index contributed by atoms with van der Waals surface area (Å²) < 4.78 is 54.7. The molecule has 3 rings (SSSR count). The molecule has 1 amide bonds. The average Bonchev–Trinajstić information content (AvgIpc) is 3.20. The Hall–Kier alpha value is -2.13. The first kappa shape index (κ1) is 22.6. The number of nitrogens with zero attached hydrogens (tertiary/aromatic N) is 1. The molecule has 0 radical (unpaired) electrons. The Morgan fingerprint density at radius 1 is 1.07 bits per heavy atom. The molecule has 30 heavy (non-hydrogen) atoms. The highest BCUT2D eigenvalue weighted by atomic mass is 32.2. The lowest BCUT2D eigenvalue weighted by atomic mass is 10.1. The molecule has 2 aromatic rings. The molecule has 0 aliphatic carbocycles. The second kappa shape index (κ2) is 8.93. The van der Waals surface area contributed by atoms with E-state index in [1.807, 2.05) is 0 Å². The SMILES string of the molecule is CC(C)S(=O)(=O)c1ccc(CC(=O)N2CCC(S(=O)(=O)Cc3ccco3)CC2)cc1. The first-order valence-corrected chi connectivity index (χ1v) is 13.2. The smallest absolute Gasteiger partial charge is 0.226 e. The minimum atomic E-state index is -3.34. The number of carbonyl (C=O) groups excluding carboxylic acids is 1. The number of carbonyl (C=O) groups is 1. The van der Waals surface area contributed by atoms with Gasteiger partial charge in [0, 0.05) is 13.1 Å². The molecule has 0 spiro atoms. The van der Waals surface area contributed by atoms with Crippen LogP contribution in [0, 0.1) is 0 Å². The normalized spacial score (nSPS) is 16.2. The van der Waals surface area contributed by atoms with Gasteiger partial charge in [0.25, 0.3) is 0 Å². The van der Waals surface area contributed by atoms with E-state index in [-0.39, 0.29) is 23.0 Å². The molecular formula is C21H27NO6S2. The third-order valence-corrected chi connectivity index (χ3v) is 9.80. The first-order chi connectivity index (χ1) is 14.1. The van der Waals surface area contributed by atoms with Crippen LogP contribution in [0.3, 0.4) is 0 Å². The van der Waals surface area contributed by atoms with Crippen LogP contribution in [0.5, 0.6) is 0 Å². The highest BCUT2D eigenvalue weighted by Gasteiger charge is 2.32. The number of hydrogen-bond acceptors (Lipinski definition) is 6. The zero-order valence-corrected chi connectivity index (χ0v) is 18.8. The van der Waals surface area contributed by atoms with Crippen molar-refractivity contribution in [2.75, 3.05) is 13.1 Å². The Kier molecular flexibility index (Phi) is 6.71. The monoisotopic (exact) mass is 453 g/mol. The van der Waals surface area contributed by atoms with Gasteiger partial charge in [-0.3, -0.25) is 4.79 Å². The molecule has 2 heterocycles. The van der Waals surface area contributed by atoms with E-state index in [2.05, 4.69) is 0 Å². The zero-order valence-electron chi connectivity index (χ0n) is 17.2. The Balaban J connectivity index is 1.55. The van der Waals surface area contributed by atoms with Crippen LogP contribution >= 0.6 is 0 Å². The summed E-state index contributed by atoms with van der Waals surface area (Å²) in [6.07, 6.45) is 2.42. The number of amides is 1. The maximum atomic E-state index is 12.6. The van der Waals surface area contributed by atoms with Crippen molar-refractivity contribution in [3.05, 3.63) is 54.0 Å². The number of furan rings is 1. The van der Waals surface area contributed by atoms with E-state index in [1.54, 1.807) is 43.0 Å². The van der Waals surface area contributed by atoms with Gasteiger partial charge in [-0.2, -0.15) is 0 Å². The van der Waals surface area contributed by atoms with Gasteiger partial charge < -0.3 is 9.32 Å². The number of benzene rings is 1. The molecule has 1 fully saturated rings. The van der Waals surface area contributed by atoms with Crippen LogP contribution in [-0.2, 0) is 36.6 Å². The van der Waals surface area contributed by atoms with Crippen LogP contribution in [0.4, 0.5) is 0 Å². The molecule has 0 N–H and O–H groups in total. The molecule has 0 bridgehead atoms. The van der Waals surface area contributed by atoms with Gasteiger partial charge in [-0.1, -0.05) is 12.1 Å². The molecule has 9 heteroatoms. The Morgan fingerprint density at radius 3 is 2.23 bits per heavy atom. The van der Waals surface area contributed by atoms with Crippen LogP contribution < -0.4 is 0 Å². The van der Waals surface area contributed by atoms with Gasteiger partial charge in [-0.25, -0.2) is 16.8 Å². The van der Waals surface area contributed by atoms with E-state index < -0.39 is 30.2 Å². The van der Waals surface area contributed by atoms with Crippen molar-refractivity contribution >= 4 is 25.6 Å². The van der Waals surface area contributed by atoms with E-state index in [1.165, 1.54) is 18.4 Å². The van der Waals surface area contributed by atoms with Crippen LogP contribution in [-0.4, -0.2) is 51.2 Å². The molecule has 0 saturated carbocycles. The van der Waals surface area contributed by atoms with Crippen molar-refractivity contribution in [1.29, 1.82) is 0 Å². The van der Waals surface area contributed by atoms with Gasteiger partial charge >= 0.3 is 0 Å².